The molecule has 2 rings (SSSR count). The first-order chi connectivity index (χ1) is 11.0. The molecule has 7 nitrogen and oxygen atoms in total. The van der Waals surface area contributed by atoms with Gasteiger partial charge in [-0.3, -0.25) is 0 Å². The van der Waals surface area contributed by atoms with Crippen LogP contribution in [0.25, 0.3) is 6.08 Å². The van der Waals surface area contributed by atoms with E-state index < -0.39 is 5.97 Å². The van der Waals surface area contributed by atoms with Crippen LogP contribution in [-0.2, 0) is 4.79 Å². The van der Waals surface area contributed by atoms with Crippen molar-refractivity contribution in [1.82, 2.24) is 4.98 Å². The second-order valence-electron chi connectivity index (χ2n) is 4.46. The van der Waals surface area contributed by atoms with Crippen LogP contribution in [0.3, 0.4) is 0 Å². The van der Waals surface area contributed by atoms with Crippen LogP contribution in [-0.4, -0.2) is 30.3 Å². The fourth-order valence-electron chi connectivity index (χ4n) is 1.82. The number of carboxylic acid groups (broad SMARTS) is 1. The summed E-state index contributed by atoms with van der Waals surface area (Å²) < 4.78 is 16.3. The number of methoxy groups -OCH3 is 2. The summed E-state index contributed by atoms with van der Waals surface area (Å²) in [7, 11) is 2.95. The lowest BCUT2D eigenvalue weighted by atomic mass is 10.1. The topological polar surface area (TPSA) is 104 Å². The minimum atomic E-state index is -1.05. The van der Waals surface area contributed by atoms with Gasteiger partial charge in [-0.2, -0.15) is 0 Å². The Labute approximate surface area is 132 Å². The zero-order valence-corrected chi connectivity index (χ0v) is 12.6. The summed E-state index contributed by atoms with van der Waals surface area (Å²) in [6, 6.07) is 6.54. The first-order valence-corrected chi connectivity index (χ1v) is 6.60. The van der Waals surface area contributed by atoms with Crippen LogP contribution in [0.4, 0.5) is 5.69 Å². The lowest BCUT2D eigenvalue weighted by molar-refractivity contribution is -0.131. The minimum Gasteiger partial charge on any atom is -0.493 e. The number of aliphatic carboxylic acids is 1. The van der Waals surface area contributed by atoms with Crippen molar-refractivity contribution in [1.29, 1.82) is 0 Å². The predicted molar refractivity (Wildman–Crippen MR) is 84.9 cm³/mol. The molecular formula is C16H16N2O5. The van der Waals surface area contributed by atoms with Crippen LogP contribution in [0.1, 0.15) is 5.56 Å². The number of nitrogen functional groups attached to an aromatic ring is 1. The van der Waals surface area contributed by atoms with Crippen molar-refractivity contribution in [2.75, 3.05) is 20.0 Å². The summed E-state index contributed by atoms with van der Waals surface area (Å²) in [4.78, 5) is 14.7. The maximum absolute atomic E-state index is 10.6. The molecule has 0 fully saturated rings. The van der Waals surface area contributed by atoms with Gasteiger partial charge in [0.15, 0.2) is 11.5 Å². The fraction of sp³-hybridized carbons (Fsp3) is 0.125. The number of hydrogen-bond donors (Lipinski definition) is 2. The number of rotatable bonds is 6. The quantitative estimate of drug-likeness (QED) is 0.789. The Morgan fingerprint density at radius 2 is 1.87 bits per heavy atom. The van der Waals surface area contributed by atoms with E-state index >= 15 is 0 Å². The largest absolute Gasteiger partial charge is 0.493 e. The van der Waals surface area contributed by atoms with Crippen LogP contribution < -0.4 is 19.9 Å². The maximum Gasteiger partial charge on any atom is 0.328 e. The minimum absolute atomic E-state index is 0.324. The van der Waals surface area contributed by atoms with Crippen molar-refractivity contribution in [2.45, 2.75) is 0 Å². The molecule has 3 N–H and O–H groups in total. The number of pyridine rings is 1. The summed E-state index contributed by atoms with van der Waals surface area (Å²) in [6.45, 7) is 0. The molecule has 0 amide bonds. The van der Waals surface area contributed by atoms with Gasteiger partial charge in [-0.25, -0.2) is 9.78 Å². The molecule has 7 heteroatoms. The number of aromatic nitrogens is 1. The van der Waals surface area contributed by atoms with Crippen LogP contribution in [0, 0.1) is 0 Å². The van der Waals surface area contributed by atoms with Gasteiger partial charge in [-0.05, 0) is 29.8 Å². The number of carbonyl (C=O) groups is 1. The molecule has 0 saturated heterocycles. The van der Waals surface area contributed by atoms with Crippen molar-refractivity contribution >= 4 is 17.7 Å². The van der Waals surface area contributed by atoms with Gasteiger partial charge in [0.25, 0.3) is 0 Å². The van der Waals surface area contributed by atoms with E-state index in [-0.39, 0.29) is 0 Å². The lowest BCUT2D eigenvalue weighted by Gasteiger charge is -2.14. The molecule has 0 spiro atoms. The molecule has 1 heterocycles. The highest BCUT2D eigenvalue weighted by Gasteiger charge is 2.15. The molecule has 0 radical (unpaired) electrons. The number of ether oxygens (including phenoxy) is 3. The average Bonchev–Trinajstić information content (AvgIpc) is 2.55. The van der Waals surface area contributed by atoms with E-state index in [1.165, 1.54) is 26.5 Å². The van der Waals surface area contributed by atoms with Crippen LogP contribution in [0.5, 0.6) is 23.1 Å². The Bertz CT molecular complexity index is 701. The fourth-order valence-corrected chi connectivity index (χ4v) is 1.82. The first-order valence-electron chi connectivity index (χ1n) is 6.60. The molecule has 120 valence electrons. The Morgan fingerprint density at radius 3 is 2.35 bits per heavy atom. The molecule has 0 aliphatic carbocycles. The molecular weight excluding hydrogens is 300 g/mol. The van der Waals surface area contributed by atoms with Crippen LogP contribution >= 0.6 is 0 Å². The number of benzene rings is 1. The smallest absolute Gasteiger partial charge is 0.328 e. The number of nitrogens with two attached hydrogens (primary N) is 1. The Morgan fingerprint density at radius 1 is 1.22 bits per heavy atom. The third-order valence-electron chi connectivity index (χ3n) is 2.87. The van der Waals surface area contributed by atoms with Crippen LogP contribution in [0.15, 0.2) is 36.5 Å². The van der Waals surface area contributed by atoms with E-state index in [1.807, 2.05) is 0 Å². The number of anilines is 1. The first kappa shape index (κ1) is 16.2. The van der Waals surface area contributed by atoms with Gasteiger partial charge < -0.3 is 25.1 Å². The van der Waals surface area contributed by atoms with Gasteiger partial charge in [0.05, 0.1) is 26.1 Å². The zero-order chi connectivity index (χ0) is 16.8. The summed E-state index contributed by atoms with van der Waals surface area (Å²) >= 11 is 0. The number of hydrogen-bond acceptors (Lipinski definition) is 6. The highest BCUT2D eigenvalue weighted by atomic mass is 16.5. The Balaban J connectivity index is 2.41. The SMILES string of the molecule is COc1cc(C=CC(=O)O)cc(OC)c1Oc1ccc(N)cn1. The molecule has 2 aromatic rings. The number of nitrogens with zero attached hydrogens (tertiary/aromatic N) is 1. The highest BCUT2D eigenvalue weighted by molar-refractivity contribution is 5.85. The van der Waals surface area contributed by atoms with Crippen molar-refractivity contribution < 1.29 is 24.1 Å². The van der Waals surface area contributed by atoms with Crippen molar-refractivity contribution in [3.8, 4) is 23.1 Å². The normalized spacial score (nSPS) is 10.5. The number of carboxylic acids is 1. The summed E-state index contributed by atoms with van der Waals surface area (Å²) in [5.74, 6) is 0.375. The van der Waals surface area contributed by atoms with E-state index in [1.54, 1.807) is 24.3 Å². The van der Waals surface area contributed by atoms with E-state index in [9.17, 15) is 4.79 Å². The third-order valence-corrected chi connectivity index (χ3v) is 2.87. The summed E-state index contributed by atoms with van der Waals surface area (Å²) in [5, 5.41) is 8.71. The molecule has 1 aromatic carbocycles. The molecule has 1 aromatic heterocycles. The van der Waals surface area contributed by atoms with Crippen molar-refractivity contribution in [2.24, 2.45) is 0 Å². The van der Waals surface area contributed by atoms with E-state index in [2.05, 4.69) is 4.98 Å². The summed E-state index contributed by atoms with van der Waals surface area (Å²) in [6.07, 6.45) is 3.92. The van der Waals surface area contributed by atoms with E-state index in [4.69, 9.17) is 25.1 Å². The zero-order valence-electron chi connectivity index (χ0n) is 12.6. The maximum atomic E-state index is 10.6. The van der Waals surface area contributed by atoms with Gasteiger partial charge >= 0.3 is 5.97 Å². The van der Waals surface area contributed by atoms with E-state index in [0.717, 1.165) is 6.08 Å². The van der Waals surface area contributed by atoms with E-state index in [0.29, 0.717) is 34.4 Å². The average molecular weight is 316 g/mol. The predicted octanol–water partition coefficient (Wildman–Crippen LogP) is 2.57. The van der Waals surface area contributed by atoms with Crippen LogP contribution in [0.2, 0.25) is 0 Å². The second-order valence-corrected chi connectivity index (χ2v) is 4.46. The van der Waals surface area contributed by atoms with Gasteiger partial charge in [-0.1, -0.05) is 0 Å². The Hall–Kier alpha value is -3.22. The lowest BCUT2D eigenvalue weighted by Crippen LogP contribution is -1.97. The third kappa shape index (κ3) is 4.13. The van der Waals surface area contributed by atoms with Gasteiger partial charge in [0.2, 0.25) is 11.6 Å². The molecule has 0 unspecified atom stereocenters. The molecule has 0 saturated carbocycles. The standard InChI is InChI=1S/C16H16N2O5/c1-21-12-7-10(3-6-15(19)20)8-13(22-2)16(12)23-14-5-4-11(17)9-18-14/h3-9H,17H2,1-2H3,(H,19,20). The highest BCUT2D eigenvalue weighted by Crippen LogP contribution is 2.41. The Kier molecular flexibility index (Phi) is 5.03. The second kappa shape index (κ2) is 7.17. The molecule has 0 aliphatic heterocycles. The van der Waals surface area contributed by atoms with Gasteiger partial charge in [0.1, 0.15) is 0 Å². The van der Waals surface area contributed by atoms with Gasteiger partial charge in [0, 0.05) is 12.1 Å². The molecule has 0 aliphatic rings. The van der Waals surface area contributed by atoms with Crippen molar-refractivity contribution in [3.63, 3.8) is 0 Å². The summed E-state index contributed by atoms with van der Waals surface area (Å²) in [5.41, 5.74) is 6.70. The van der Waals surface area contributed by atoms with Gasteiger partial charge in [-0.15, -0.1) is 0 Å². The molecule has 0 bridgehead atoms. The van der Waals surface area contributed by atoms with Crippen molar-refractivity contribution in [3.05, 3.63) is 42.1 Å². The molecule has 23 heavy (non-hydrogen) atoms. The monoisotopic (exact) mass is 316 g/mol. The molecule has 0 atom stereocenters.